The Balaban J connectivity index is 1.58. The molecule has 0 spiro atoms. The number of nitrogens with one attached hydrogen (secondary N) is 3. The highest BCUT2D eigenvalue weighted by Gasteiger charge is 2.28. The Morgan fingerprint density at radius 1 is 1.26 bits per heavy atom. The third-order valence-electron chi connectivity index (χ3n) is 6.29. The topological polar surface area (TPSA) is 113 Å². The van der Waals surface area contributed by atoms with Crippen LogP contribution in [-0.4, -0.2) is 36.9 Å². The van der Waals surface area contributed by atoms with Gasteiger partial charge >= 0.3 is 0 Å². The van der Waals surface area contributed by atoms with E-state index in [0.29, 0.717) is 23.3 Å². The number of aromatic nitrogens is 3. The van der Waals surface area contributed by atoms with Crippen molar-refractivity contribution in [1.29, 1.82) is 4.78 Å². The number of pyridine rings is 1. The standard InChI is InChI=1S/C24H31FN6O2S/c1-14(2)31-13-28-23-20(25)9-17(10-21(23)31)19-11-22(27-12-15(19)3)29-24(32)16-6-5-7-18(8-16)30-34(4,26)33/h9-14,16,18H,5-8H2,1-4H3,(H2,26,30,33)(H,27,29,32). The molecular weight excluding hydrogens is 455 g/mol. The maximum absolute atomic E-state index is 14.8. The van der Waals surface area contributed by atoms with Crippen LogP contribution in [0.2, 0.25) is 0 Å². The molecule has 0 radical (unpaired) electrons. The van der Waals surface area contributed by atoms with Gasteiger partial charge in [0.2, 0.25) is 5.91 Å². The van der Waals surface area contributed by atoms with Crippen LogP contribution in [-0.2, 0) is 14.7 Å². The highest BCUT2D eigenvalue weighted by molar-refractivity contribution is 7.89. The Morgan fingerprint density at radius 2 is 2.03 bits per heavy atom. The summed E-state index contributed by atoms with van der Waals surface area (Å²) in [5.41, 5.74) is 3.39. The summed E-state index contributed by atoms with van der Waals surface area (Å²) in [5.74, 6) is -0.399. The molecule has 1 fully saturated rings. The fraction of sp³-hybridized carbons (Fsp3) is 0.458. The molecule has 34 heavy (non-hydrogen) atoms. The number of hydrogen-bond donors (Lipinski definition) is 3. The smallest absolute Gasteiger partial charge is 0.228 e. The van der Waals surface area contributed by atoms with Crippen LogP contribution in [0.25, 0.3) is 22.2 Å². The van der Waals surface area contributed by atoms with Gasteiger partial charge in [0, 0.05) is 30.5 Å². The number of nitrogens with zero attached hydrogens (tertiary/aromatic N) is 3. The van der Waals surface area contributed by atoms with Crippen molar-refractivity contribution in [3.63, 3.8) is 0 Å². The predicted molar refractivity (Wildman–Crippen MR) is 132 cm³/mol. The lowest BCUT2D eigenvalue weighted by Gasteiger charge is -2.29. The summed E-state index contributed by atoms with van der Waals surface area (Å²) in [5, 5.41) is 2.90. The van der Waals surface area contributed by atoms with Crippen LogP contribution in [0.1, 0.15) is 51.1 Å². The average Bonchev–Trinajstić information content (AvgIpc) is 3.19. The number of fused-ring (bicyclic) bond motifs is 1. The van der Waals surface area contributed by atoms with Gasteiger partial charge < -0.3 is 9.88 Å². The van der Waals surface area contributed by atoms with Crippen molar-refractivity contribution in [1.82, 2.24) is 19.3 Å². The van der Waals surface area contributed by atoms with Gasteiger partial charge in [-0.1, -0.05) is 6.42 Å². The Labute approximate surface area is 199 Å². The van der Waals surface area contributed by atoms with E-state index < -0.39 is 15.7 Å². The van der Waals surface area contributed by atoms with Gasteiger partial charge in [-0.3, -0.25) is 4.79 Å². The maximum Gasteiger partial charge on any atom is 0.228 e. The fourth-order valence-electron chi connectivity index (χ4n) is 4.64. The van der Waals surface area contributed by atoms with E-state index in [2.05, 4.69) is 20.0 Å². The lowest BCUT2D eigenvalue weighted by Crippen LogP contribution is -2.40. The molecule has 1 aliphatic carbocycles. The first-order chi connectivity index (χ1) is 16.0. The van der Waals surface area contributed by atoms with Crippen molar-refractivity contribution in [2.75, 3.05) is 11.6 Å². The minimum Gasteiger partial charge on any atom is -0.328 e. The third-order valence-corrected chi connectivity index (χ3v) is 7.07. The molecule has 4 rings (SSSR count). The van der Waals surface area contributed by atoms with Crippen LogP contribution in [0, 0.1) is 23.4 Å². The molecule has 3 aromatic rings. The van der Waals surface area contributed by atoms with Gasteiger partial charge in [0.15, 0.2) is 5.82 Å². The third kappa shape index (κ3) is 5.28. The summed E-state index contributed by atoms with van der Waals surface area (Å²) >= 11 is 0. The summed E-state index contributed by atoms with van der Waals surface area (Å²) in [6, 6.07) is 5.17. The molecule has 1 aliphatic rings. The van der Waals surface area contributed by atoms with E-state index in [4.69, 9.17) is 4.78 Å². The molecule has 1 amide bonds. The van der Waals surface area contributed by atoms with E-state index in [0.717, 1.165) is 35.9 Å². The van der Waals surface area contributed by atoms with Gasteiger partial charge in [-0.25, -0.2) is 28.1 Å². The first-order valence-electron chi connectivity index (χ1n) is 11.5. The molecule has 0 saturated heterocycles. The van der Waals surface area contributed by atoms with Crippen LogP contribution in [0.4, 0.5) is 10.2 Å². The summed E-state index contributed by atoms with van der Waals surface area (Å²) in [7, 11) is -2.83. The fourth-order valence-corrected chi connectivity index (χ4v) is 5.49. The zero-order chi connectivity index (χ0) is 24.6. The number of imidazole rings is 1. The number of aryl methyl sites for hydroxylation is 1. The molecule has 2 heterocycles. The van der Waals surface area contributed by atoms with E-state index in [1.807, 2.05) is 31.4 Å². The number of benzene rings is 1. The minimum atomic E-state index is -2.83. The summed E-state index contributed by atoms with van der Waals surface area (Å²) in [6.45, 7) is 5.94. The van der Waals surface area contributed by atoms with Crippen molar-refractivity contribution in [3.8, 4) is 11.1 Å². The molecule has 3 unspecified atom stereocenters. The van der Waals surface area contributed by atoms with Crippen molar-refractivity contribution in [2.24, 2.45) is 5.92 Å². The highest BCUT2D eigenvalue weighted by atomic mass is 32.2. The summed E-state index contributed by atoms with van der Waals surface area (Å²) < 4.78 is 39.0. The highest BCUT2D eigenvalue weighted by Crippen LogP contribution is 2.32. The average molecular weight is 487 g/mol. The maximum atomic E-state index is 14.8. The minimum absolute atomic E-state index is 0.124. The van der Waals surface area contributed by atoms with Gasteiger partial charge in [-0.05, 0) is 74.9 Å². The number of halogens is 1. The van der Waals surface area contributed by atoms with Gasteiger partial charge in [-0.2, -0.15) is 0 Å². The molecule has 1 saturated carbocycles. The number of anilines is 1. The van der Waals surface area contributed by atoms with Gasteiger partial charge in [0.25, 0.3) is 0 Å². The molecule has 3 atom stereocenters. The van der Waals surface area contributed by atoms with Crippen LogP contribution in [0.3, 0.4) is 0 Å². The van der Waals surface area contributed by atoms with E-state index in [1.165, 1.54) is 12.3 Å². The van der Waals surface area contributed by atoms with E-state index in [-0.39, 0.29) is 23.9 Å². The van der Waals surface area contributed by atoms with Crippen LogP contribution in [0.15, 0.2) is 30.7 Å². The first-order valence-corrected chi connectivity index (χ1v) is 13.4. The zero-order valence-corrected chi connectivity index (χ0v) is 20.7. The largest absolute Gasteiger partial charge is 0.328 e. The molecule has 0 bridgehead atoms. The van der Waals surface area contributed by atoms with E-state index >= 15 is 0 Å². The molecule has 182 valence electrons. The number of hydrogen-bond acceptors (Lipinski definition) is 5. The summed E-state index contributed by atoms with van der Waals surface area (Å²) in [4.78, 5) is 21.5. The Bertz CT molecular complexity index is 1330. The predicted octanol–water partition coefficient (Wildman–Crippen LogP) is 4.81. The lowest BCUT2D eigenvalue weighted by atomic mass is 9.85. The van der Waals surface area contributed by atoms with Crippen molar-refractivity contribution >= 4 is 32.7 Å². The summed E-state index contributed by atoms with van der Waals surface area (Å²) in [6.07, 6.45) is 7.54. The van der Waals surface area contributed by atoms with Gasteiger partial charge in [-0.15, -0.1) is 0 Å². The van der Waals surface area contributed by atoms with Gasteiger partial charge in [0.1, 0.15) is 21.2 Å². The van der Waals surface area contributed by atoms with Crippen LogP contribution < -0.4 is 10.0 Å². The van der Waals surface area contributed by atoms with E-state index in [1.54, 1.807) is 18.6 Å². The second-order valence-electron chi connectivity index (χ2n) is 9.47. The Hall–Kier alpha value is -2.85. The number of rotatable bonds is 6. The molecule has 2 aromatic heterocycles. The molecule has 8 nitrogen and oxygen atoms in total. The van der Waals surface area contributed by atoms with Gasteiger partial charge in [0.05, 0.1) is 11.8 Å². The SMILES string of the molecule is Cc1cnc(NC(=O)C2CCCC(NS(C)(=N)=O)C2)cc1-c1cc(F)c2ncn(C(C)C)c2c1. The van der Waals surface area contributed by atoms with Crippen LogP contribution >= 0.6 is 0 Å². The first kappa shape index (κ1) is 24.3. The zero-order valence-electron chi connectivity index (χ0n) is 19.9. The van der Waals surface area contributed by atoms with Crippen molar-refractivity contribution in [2.45, 2.75) is 58.5 Å². The Kier molecular flexibility index (Phi) is 6.73. The normalized spacial score (nSPS) is 20.4. The molecule has 0 aliphatic heterocycles. The van der Waals surface area contributed by atoms with Crippen molar-refractivity contribution < 1.29 is 13.4 Å². The number of amides is 1. The second kappa shape index (κ2) is 9.42. The molecule has 10 heteroatoms. The Morgan fingerprint density at radius 3 is 2.74 bits per heavy atom. The second-order valence-corrected chi connectivity index (χ2v) is 11.4. The lowest BCUT2D eigenvalue weighted by molar-refractivity contribution is -0.121. The monoisotopic (exact) mass is 486 g/mol. The number of carbonyl (C=O) groups excluding carboxylic acids is 1. The molecule has 3 N–H and O–H groups in total. The van der Waals surface area contributed by atoms with E-state index in [9.17, 15) is 13.4 Å². The molecule has 1 aromatic carbocycles. The number of carbonyl (C=O) groups is 1. The van der Waals surface area contributed by atoms with Crippen molar-refractivity contribution in [3.05, 3.63) is 42.1 Å². The van der Waals surface area contributed by atoms with Crippen LogP contribution in [0.5, 0.6) is 0 Å². The quantitative estimate of drug-likeness (QED) is 0.464. The molecular formula is C24H31FN6O2S.